The van der Waals surface area contributed by atoms with Crippen molar-refractivity contribution >= 4 is 0 Å². The molecule has 1 rings (SSSR count). The minimum atomic E-state index is -0.494. The second-order valence-electron chi connectivity index (χ2n) is 4.82. The van der Waals surface area contributed by atoms with E-state index in [9.17, 15) is 5.11 Å². The summed E-state index contributed by atoms with van der Waals surface area (Å²) in [4.78, 5) is 2.49. The molecule has 1 saturated heterocycles. The minimum Gasteiger partial charge on any atom is -0.390 e. The summed E-state index contributed by atoms with van der Waals surface area (Å²) in [5, 5.41) is 9.59. The molecule has 0 aromatic heterocycles. The van der Waals surface area contributed by atoms with Crippen molar-refractivity contribution in [3.8, 4) is 0 Å². The fraction of sp³-hybridized carbons (Fsp3) is 1.00. The monoisotopic (exact) mass is 185 g/mol. The first kappa shape index (κ1) is 11.0. The highest BCUT2D eigenvalue weighted by molar-refractivity contribution is 4.70. The Morgan fingerprint density at radius 2 is 1.62 bits per heavy atom. The Balaban J connectivity index is 2.19. The van der Waals surface area contributed by atoms with Crippen molar-refractivity contribution in [1.82, 2.24) is 4.90 Å². The van der Waals surface area contributed by atoms with Crippen LogP contribution >= 0.6 is 0 Å². The smallest absolute Gasteiger partial charge is 0.0603 e. The number of likely N-dealkylation sites (tertiary alicyclic amines) is 1. The summed E-state index contributed by atoms with van der Waals surface area (Å²) in [6.45, 7) is 7.31. The number of hydrogen-bond acceptors (Lipinski definition) is 2. The van der Waals surface area contributed by atoms with Gasteiger partial charge in [0.25, 0.3) is 0 Å². The van der Waals surface area contributed by atoms with Crippen LogP contribution in [0, 0.1) is 0 Å². The van der Waals surface area contributed by atoms with Gasteiger partial charge in [-0.2, -0.15) is 0 Å². The predicted octanol–water partition coefficient (Wildman–Crippen LogP) is 2.02. The maximum Gasteiger partial charge on any atom is 0.0603 e. The van der Waals surface area contributed by atoms with Crippen molar-refractivity contribution in [3.63, 3.8) is 0 Å². The molecule has 1 aliphatic heterocycles. The average molecular weight is 185 g/mol. The summed E-state index contributed by atoms with van der Waals surface area (Å²) < 4.78 is 0. The molecule has 0 aromatic rings. The Kier molecular flexibility index (Phi) is 4.20. The molecular formula is C11H23NO. The summed E-state index contributed by atoms with van der Waals surface area (Å²) in [5.74, 6) is 0. The topological polar surface area (TPSA) is 23.5 Å². The van der Waals surface area contributed by atoms with E-state index in [1.54, 1.807) is 0 Å². The lowest BCUT2D eigenvalue weighted by Crippen LogP contribution is -2.31. The van der Waals surface area contributed by atoms with Crippen LogP contribution in [0.25, 0.3) is 0 Å². The molecule has 0 aromatic carbocycles. The van der Waals surface area contributed by atoms with E-state index in [0.717, 1.165) is 13.0 Å². The first-order valence-corrected chi connectivity index (χ1v) is 5.53. The third-order valence-corrected chi connectivity index (χ3v) is 2.74. The average Bonchev–Trinajstić information content (AvgIpc) is 2.26. The molecule has 1 fully saturated rings. The normalized spacial score (nSPS) is 21.5. The van der Waals surface area contributed by atoms with Gasteiger partial charge in [0.15, 0.2) is 0 Å². The lowest BCUT2D eigenvalue weighted by atomic mass is 10.1. The van der Waals surface area contributed by atoms with Crippen LogP contribution in [0.2, 0.25) is 0 Å². The predicted molar refractivity (Wildman–Crippen MR) is 55.8 cm³/mol. The van der Waals surface area contributed by atoms with Gasteiger partial charge in [-0.1, -0.05) is 12.8 Å². The van der Waals surface area contributed by atoms with Crippen LogP contribution in [0.15, 0.2) is 0 Å². The van der Waals surface area contributed by atoms with E-state index in [4.69, 9.17) is 0 Å². The Morgan fingerprint density at radius 3 is 2.08 bits per heavy atom. The zero-order chi connectivity index (χ0) is 9.73. The third kappa shape index (κ3) is 5.27. The molecule has 0 amide bonds. The lowest BCUT2D eigenvalue weighted by molar-refractivity contribution is 0.0581. The van der Waals surface area contributed by atoms with Gasteiger partial charge in [0.1, 0.15) is 0 Å². The van der Waals surface area contributed by atoms with E-state index in [0.29, 0.717) is 0 Å². The van der Waals surface area contributed by atoms with Gasteiger partial charge >= 0.3 is 0 Å². The molecule has 0 saturated carbocycles. The van der Waals surface area contributed by atoms with Crippen molar-refractivity contribution in [2.75, 3.05) is 19.6 Å². The molecule has 0 spiro atoms. The van der Waals surface area contributed by atoms with Gasteiger partial charge < -0.3 is 10.0 Å². The van der Waals surface area contributed by atoms with E-state index in [-0.39, 0.29) is 0 Å². The van der Waals surface area contributed by atoms with Crippen LogP contribution in [0.5, 0.6) is 0 Å². The summed E-state index contributed by atoms with van der Waals surface area (Å²) in [6.07, 6.45) is 6.35. The van der Waals surface area contributed by atoms with Crippen LogP contribution in [0.3, 0.4) is 0 Å². The largest absolute Gasteiger partial charge is 0.390 e. The molecule has 0 radical (unpaired) electrons. The van der Waals surface area contributed by atoms with Gasteiger partial charge in [-0.05, 0) is 46.2 Å². The summed E-state index contributed by atoms with van der Waals surface area (Å²) >= 11 is 0. The molecule has 0 bridgehead atoms. The Hall–Kier alpha value is -0.0800. The fourth-order valence-electron chi connectivity index (χ4n) is 1.79. The van der Waals surface area contributed by atoms with Crippen molar-refractivity contribution in [2.45, 2.75) is 51.6 Å². The van der Waals surface area contributed by atoms with Crippen molar-refractivity contribution in [1.29, 1.82) is 0 Å². The maximum absolute atomic E-state index is 9.59. The quantitative estimate of drug-likeness (QED) is 0.727. The van der Waals surface area contributed by atoms with Gasteiger partial charge in [-0.3, -0.25) is 0 Å². The summed E-state index contributed by atoms with van der Waals surface area (Å²) in [5.41, 5.74) is -0.494. The first-order valence-electron chi connectivity index (χ1n) is 5.53. The second kappa shape index (κ2) is 4.97. The number of aliphatic hydroxyl groups is 1. The highest BCUT2D eigenvalue weighted by Crippen LogP contribution is 2.13. The van der Waals surface area contributed by atoms with Crippen LogP contribution in [-0.2, 0) is 0 Å². The van der Waals surface area contributed by atoms with Crippen LogP contribution in [-0.4, -0.2) is 35.2 Å². The van der Waals surface area contributed by atoms with Gasteiger partial charge in [0, 0.05) is 6.54 Å². The molecule has 0 atom stereocenters. The summed E-state index contributed by atoms with van der Waals surface area (Å²) in [6, 6.07) is 0. The highest BCUT2D eigenvalue weighted by atomic mass is 16.3. The first-order chi connectivity index (χ1) is 6.08. The lowest BCUT2D eigenvalue weighted by Gasteiger charge is -2.24. The maximum atomic E-state index is 9.59. The van der Waals surface area contributed by atoms with E-state index < -0.39 is 5.60 Å². The molecule has 13 heavy (non-hydrogen) atoms. The standard InChI is InChI=1S/C11H23NO/c1-11(2,13)7-10-12-8-5-3-4-6-9-12/h13H,3-10H2,1-2H3. The zero-order valence-corrected chi connectivity index (χ0v) is 9.05. The minimum absolute atomic E-state index is 0.494. The molecular weight excluding hydrogens is 162 g/mol. The van der Waals surface area contributed by atoms with Crippen molar-refractivity contribution < 1.29 is 5.11 Å². The second-order valence-corrected chi connectivity index (χ2v) is 4.82. The molecule has 1 aliphatic rings. The van der Waals surface area contributed by atoms with Crippen molar-refractivity contribution in [3.05, 3.63) is 0 Å². The van der Waals surface area contributed by atoms with Gasteiger partial charge in [-0.15, -0.1) is 0 Å². The van der Waals surface area contributed by atoms with Gasteiger partial charge in [0.2, 0.25) is 0 Å². The Morgan fingerprint density at radius 1 is 1.08 bits per heavy atom. The van der Waals surface area contributed by atoms with Crippen LogP contribution in [0.4, 0.5) is 0 Å². The van der Waals surface area contributed by atoms with Crippen LogP contribution < -0.4 is 0 Å². The third-order valence-electron chi connectivity index (χ3n) is 2.74. The Labute approximate surface area is 81.9 Å². The molecule has 0 unspecified atom stereocenters. The highest BCUT2D eigenvalue weighted by Gasteiger charge is 2.15. The fourth-order valence-corrected chi connectivity index (χ4v) is 1.79. The van der Waals surface area contributed by atoms with E-state index in [1.165, 1.54) is 38.8 Å². The number of nitrogens with zero attached hydrogens (tertiary/aromatic N) is 1. The molecule has 0 aliphatic carbocycles. The van der Waals surface area contributed by atoms with Gasteiger partial charge in [-0.25, -0.2) is 0 Å². The van der Waals surface area contributed by atoms with E-state index >= 15 is 0 Å². The van der Waals surface area contributed by atoms with E-state index in [2.05, 4.69) is 4.90 Å². The molecule has 1 N–H and O–H groups in total. The molecule has 2 nitrogen and oxygen atoms in total. The molecule has 78 valence electrons. The van der Waals surface area contributed by atoms with Crippen LogP contribution in [0.1, 0.15) is 46.0 Å². The Bertz CT molecular complexity index is 132. The van der Waals surface area contributed by atoms with Crippen molar-refractivity contribution in [2.24, 2.45) is 0 Å². The SMILES string of the molecule is CC(C)(O)CCN1CCCCCC1. The molecule has 2 heteroatoms. The number of rotatable bonds is 3. The van der Waals surface area contributed by atoms with E-state index in [1.807, 2.05) is 13.8 Å². The zero-order valence-electron chi connectivity index (χ0n) is 9.05. The number of hydrogen-bond donors (Lipinski definition) is 1. The summed E-state index contributed by atoms with van der Waals surface area (Å²) in [7, 11) is 0. The molecule has 1 heterocycles. The van der Waals surface area contributed by atoms with Gasteiger partial charge in [0.05, 0.1) is 5.60 Å².